The minimum Gasteiger partial charge on any atom is -0.341 e. The third-order valence-corrected chi connectivity index (χ3v) is 6.61. The quantitative estimate of drug-likeness (QED) is 0.465. The van der Waals surface area contributed by atoms with Crippen LogP contribution >= 0.6 is 0 Å². The molecule has 0 spiro atoms. The SMILES string of the molecule is CC#CCn1c(N2CCC[C@@H](N)C2)nc2c(C)nn(Cc3ccc(C#N)c4ccccc34)c(=O)c21. The van der Waals surface area contributed by atoms with Gasteiger partial charge in [-0.15, -0.1) is 5.92 Å². The Balaban J connectivity index is 1.67. The van der Waals surface area contributed by atoms with E-state index in [0.29, 0.717) is 35.4 Å². The summed E-state index contributed by atoms with van der Waals surface area (Å²) in [4.78, 5) is 20.8. The molecule has 8 heteroatoms. The van der Waals surface area contributed by atoms with Crippen LogP contribution in [-0.4, -0.2) is 38.5 Å². The zero-order valence-electron chi connectivity index (χ0n) is 20.0. The second-order valence-electron chi connectivity index (χ2n) is 8.95. The molecule has 1 aliphatic rings. The highest BCUT2D eigenvalue weighted by Gasteiger charge is 2.25. The van der Waals surface area contributed by atoms with Crippen LogP contribution < -0.4 is 16.2 Å². The minimum absolute atomic E-state index is 0.0785. The minimum atomic E-state index is -0.211. The fourth-order valence-corrected chi connectivity index (χ4v) is 4.91. The van der Waals surface area contributed by atoms with Crippen molar-refractivity contribution in [2.45, 2.75) is 45.8 Å². The lowest BCUT2D eigenvalue weighted by Crippen LogP contribution is -2.44. The highest BCUT2D eigenvalue weighted by atomic mass is 16.1. The molecule has 0 amide bonds. The molecule has 1 fully saturated rings. The van der Waals surface area contributed by atoms with Crippen molar-refractivity contribution in [2.75, 3.05) is 18.0 Å². The molecule has 2 N–H and O–H groups in total. The van der Waals surface area contributed by atoms with Crippen molar-refractivity contribution in [3.05, 3.63) is 63.6 Å². The van der Waals surface area contributed by atoms with E-state index in [4.69, 9.17) is 10.7 Å². The molecular weight excluding hydrogens is 438 g/mol. The first-order valence-corrected chi connectivity index (χ1v) is 11.8. The molecule has 0 bridgehead atoms. The number of anilines is 1. The van der Waals surface area contributed by atoms with Gasteiger partial charge >= 0.3 is 0 Å². The lowest BCUT2D eigenvalue weighted by Gasteiger charge is -2.31. The smallest absolute Gasteiger partial charge is 0.293 e. The summed E-state index contributed by atoms with van der Waals surface area (Å²) in [6.45, 7) is 5.86. The van der Waals surface area contributed by atoms with E-state index in [1.165, 1.54) is 4.68 Å². The van der Waals surface area contributed by atoms with Gasteiger partial charge in [0.1, 0.15) is 11.0 Å². The summed E-state index contributed by atoms with van der Waals surface area (Å²) in [7, 11) is 0. The zero-order valence-corrected chi connectivity index (χ0v) is 20.0. The summed E-state index contributed by atoms with van der Waals surface area (Å²) in [6.07, 6.45) is 1.97. The summed E-state index contributed by atoms with van der Waals surface area (Å²) in [5.41, 5.74) is 9.35. The maximum absolute atomic E-state index is 13.8. The first-order chi connectivity index (χ1) is 17.0. The molecule has 3 heterocycles. The van der Waals surface area contributed by atoms with Gasteiger partial charge in [-0.1, -0.05) is 36.3 Å². The molecule has 1 aliphatic heterocycles. The van der Waals surface area contributed by atoms with Crippen LogP contribution in [-0.2, 0) is 13.1 Å². The zero-order chi connectivity index (χ0) is 24.5. The Hall–Kier alpha value is -4.14. The van der Waals surface area contributed by atoms with E-state index in [-0.39, 0.29) is 18.1 Å². The summed E-state index contributed by atoms with van der Waals surface area (Å²) >= 11 is 0. The van der Waals surface area contributed by atoms with Crippen molar-refractivity contribution in [2.24, 2.45) is 5.73 Å². The first-order valence-electron chi connectivity index (χ1n) is 11.8. The van der Waals surface area contributed by atoms with Gasteiger partial charge in [0, 0.05) is 19.1 Å². The number of piperidine rings is 1. The number of hydrogen-bond donors (Lipinski definition) is 1. The lowest BCUT2D eigenvalue weighted by atomic mass is 10.00. The second-order valence-corrected chi connectivity index (χ2v) is 8.95. The van der Waals surface area contributed by atoms with Crippen LogP contribution in [0.5, 0.6) is 0 Å². The highest BCUT2D eigenvalue weighted by Crippen LogP contribution is 2.26. The number of fused-ring (bicyclic) bond motifs is 2. The van der Waals surface area contributed by atoms with Gasteiger partial charge in [-0.05, 0) is 49.1 Å². The van der Waals surface area contributed by atoms with Crippen molar-refractivity contribution < 1.29 is 0 Å². The number of imidazole rings is 1. The Morgan fingerprint density at radius 3 is 2.74 bits per heavy atom. The summed E-state index contributed by atoms with van der Waals surface area (Å²) in [5, 5.41) is 15.9. The van der Waals surface area contributed by atoms with Crippen molar-refractivity contribution in [3.8, 4) is 17.9 Å². The molecule has 2 aromatic heterocycles. The van der Waals surface area contributed by atoms with Crippen LogP contribution in [0.2, 0.25) is 0 Å². The van der Waals surface area contributed by atoms with Crippen molar-refractivity contribution in [3.63, 3.8) is 0 Å². The Morgan fingerprint density at radius 2 is 2.00 bits per heavy atom. The van der Waals surface area contributed by atoms with Crippen LogP contribution in [0.15, 0.2) is 41.2 Å². The average molecular weight is 466 g/mol. The van der Waals surface area contributed by atoms with E-state index in [2.05, 4.69) is 27.9 Å². The monoisotopic (exact) mass is 465 g/mol. The van der Waals surface area contributed by atoms with Crippen LogP contribution in [0, 0.1) is 30.1 Å². The van der Waals surface area contributed by atoms with E-state index in [9.17, 15) is 10.1 Å². The number of nitriles is 1. The van der Waals surface area contributed by atoms with Gasteiger partial charge in [-0.3, -0.25) is 9.36 Å². The second kappa shape index (κ2) is 9.25. The Kier molecular flexibility index (Phi) is 5.98. The maximum atomic E-state index is 13.8. The van der Waals surface area contributed by atoms with Crippen LogP contribution in [0.25, 0.3) is 21.8 Å². The standard InChI is InChI=1S/C27H27N7O/c1-3-4-14-33-25-24(30-27(33)32-13-7-8-21(29)17-32)18(2)31-34(26(25)35)16-20-12-11-19(15-28)22-9-5-6-10-23(20)22/h5-6,9-12,21H,7-8,13-14,16-17,29H2,1-2H3/t21-/m1/s1. The van der Waals surface area contributed by atoms with Crippen LogP contribution in [0.3, 0.4) is 0 Å². The number of nitrogens with two attached hydrogens (primary N) is 1. The van der Waals surface area contributed by atoms with Gasteiger partial charge in [0.15, 0.2) is 0 Å². The molecule has 35 heavy (non-hydrogen) atoms. The van der Waals surface area contributed by atoms with Crippen LogP contribution in [0.1, 0.15) is 36.6 Å². The third-order valence-electron chi connectivity index (χ3n) is 6.61. The molecule has 0 radical (unpaired) electrons. The van der Waals surface area contributed by atoms with E-state index < -0.39 is 0 Å². The van der Waals surface area contributed by atoms with Gasteiger partial charge in [0.25, 0.3) is 5.56 Å². The predicted octanol–water partition coefficient (Wildman–Crippen LogP) is 2.93. The van der Waals surface area contributed by atoms with Crippen molar-refractivity contribution >= 4 is 27.8 Å². The summed E-state index contributed by atoms with van der Waals surface area (Å²) in [5.74, 6) is 6.76. The molecular formula is C27H27N7O. The predicted molar refractivity (Wildman–Crippen MR) is 137 cm³/mol. The molecule has 4 aromatic rings. The molecule has 2 aromatic carbocycles. The molecule has 1 saturated heterocycles. The van der Waals surface area contributed by atoms with E-state index in [1.54, 1.807) is 13.0 Å². The maximum Gasteiger partial charge on any atom is 0.293 e. The number of benzene rings is 2. The van der Waals surface area contributed by atoms with Gasteiger partial charge in [-0.25, -0.2) is 9.67 Å². The molecule has 5 rings (SSSR count). The topological polar surface area (TPSA) is 106 Å². The number of rotatable bonds is 4. The van der Waals surface area contributed by atoms with E-state index >= 15 is 0 Å². The molecule has 176 valence electrons. The van der Waals surface area contributed by atoms with Gasteiger partial charge < -0.3 is 10.6 Å². The number of aryl methyl sites for hydroxylation is 1. The fourth-order valence-electron chi connectivity index (χ4n) is 4.91. The summed E-state index contributed by atoms with van der Waals surface area (Å²) < 4.78 is 3.41. The largest absolute Gasteiger partial charge is 0.341 e. The van der Waals surface area contributed by atoms with Crippen molar-refractivity contribution in [1.29, 1.82) is 5.26 Å². The molecule has 0 aliphatic carbocycles. The summed E-state index contributed by atoms with van der Waals surface area (Å²) in [6, 6.07) is 13.8. The van der Waals surface area contributed by atoms with Gasteiger partial charge in [-0.2, -0.15) is 10.4 Å². The number of aromatic nitrogens is 4. The Labute approximate surface area is 203 Å². The van der Waals surface area contributed by atoms with Crippen LogP contribution in [0.4, 0.5) is 5.95 Å². The molecule has 0 unspecified atom stereocenters. The Morgan fingerprint density at radius 1 is 1.20 bits per heavy atom. The third kappa shape index (κ3) is 4.03. The van der Waals surface area contributed by atoms with Crippen molar-refractivity contribution in [1.82, 2.24) is 19.3 Å². The fraction of sp³-hybridized carbons (Fsp3) is 0.333. The highest BCUT2D eigenvalue weighted by molar-refractivity contribution is 5.90. The Bertz CT molecular complexity index is 1600. The van der Waals surface area contributed by atoms with Gasteiger partial charge in [0.2, 0.25) is 5.95 Å². The van der Waals surface area contributed by atoms with E-state index in [0.717, 1.165) is 41.7 Å². The lowest BCUT2D eigenvalue weighted by molar-refractivity contribution is 0.496. The molecule has 0 saturated carbocycles. The first kappa shape index (κ1) is 22.6. The normalized spacial score (nSPS) is 15.7. The molecule has 8 nitrogen and oxygen atoms in total. The number of hydrogen-bond acceptors (Lipinski definition) is 6. The average Bonchev–Trinajstić information content (AvgIpc) is 3.26. The molecule has 1 atom stereocenters. The number of nitrogens with zero attached hydrogens (tertiary/aromatic N) is 6. The van der Waals surface area contributed by atoms with E-state index in [1.807, 2.05) is 41.8 Å². The van der Waals surface area contributed by atoms with Gasteiger partial charge in [0.05, 0.1) is 30.4 Å².